The molecule has 15 heavy (non-hydrogen) atoms. The van der Waals surface area contributed by atoms with Crippen molar-refractivity contribution in [3.05, 3.63) is 19.0 Å². The minimum absolute atomic E-state index is 0.103. The minimum Gasteiger partial charge on any atom is -0.368 e. The third-order valence-electron chi connectivity index (χ3n) is 2.02. The molecule has 0 amide bonds. The number of hydrogen-bond acceptors (Lipinski definition) is 5. The van der Waals surface area contributed by atoms with Crippen LogP contribution in [0.2, 0.25) is 0 Å². The molecule has 2 aromatic rings. The molecule has 78 valence electrons. The Balaban J connectivity index is 2.48. The average molecular weight is 204 g/mol. The number of H-pyrrole nitrogens is 1. The van der Waals surface area contributed by atoms with Crippen LogP contribution in [0.5, 0.6) is 0 Å². The Morgan fingerprint density at radius 3 is 3.13 bits per heavy atom. The number of aromatic nitrogens is 4. The number of nitrogens with one attached hydrogen (secondary N) is 2. The molecule has 0 aliphatic heterocycles. The molecule has 2 heterocycles. The SMILES string of the molecule is C=CC(C)Nc1nc(N)nc2nc[nH]c12. The third kappa shape index (κ3) is 1.74. The van der Waals surface area contributed by atoms with Gasteiger partial charge in [0.25, 0.3) is 0 Å². The molecule has 0 bridgehead atoms. The zero-order chi connectivity index (χ0) is 10.8. The second-order valence-electron chi connectivity index (χ2n) is 3.20. The predicted molar refractivity (Wildman–Crippen MR) is 59.4 cm³/mol. The molecule has 1 atom stereocenters. The highest BCUT2D eigenvalue weighted by Crippen LogP contribution is 2.17. The van der Waals surface area contributed by atoms with Crippen molar-refractivity contribution in [2.45, 2.75) is 13.0 Å². The van der Waals surface area contributed by atoms with E-state index in [2.05, 4.69) is 31.8 Å². The standard InChI is InChI=1S/C9H12N6/c1-3-5(2)13-8-6-7(12-4-11-6)14-9(10)15-8/h3-5H,1H2,2H3,(H4,10,11,12,13,14,15). The van der Waals surface area contributed by atoms with Gasteiger partial charge in [0.1, 0.15) is 5.52 Å². The molecular formula is C9H12N6. The maximum atomic E-state index is 5.56. The van der Waals surface area contributed by atoms with Gasteiger partial charge in [-0.3, -0.25) is 0 Å². The van der Waals surface area contributed by atoms with E-state index < -0.39 is 0 Å². The van der Waals surface area contributed by atoms with Crippen molar-refractivity contribution in [2.24, 2.45) is 0 Å². The van der Waals surface area contributed by atoms with E-state index in [-0.39, 0.29) is 12.0 Å². The number of fused-ring (bicyclic) bond motifs is 1. The lowest BCUT2D eigenvalue weighted by Gasteiger charge is -2.10. The number of nitrogen functional groups attached to an aromatic ring is 1. The van der Waals surface area contributed by atoms with Crippen LogP contribution in [0.3, 0.4) is 0 Å². The van der Waals surface area contributed by atoms with Gasteiger partial charge >= 0.3 is 0 Å². The van der Waals surface area contributed by atoms with Crippen LogP contribution in [0.4, 0.5) is 11.8 Å². The second kappa shape index (κ2) is 3.56. The first-order valence-electron chi connectivity index (χ1n) is 4.56. The highest BCUT2D eigenvalue weighted by molar-refractivity contribution is 5.83. The monoisotopic (exact) mass is 204 g/mol. The molecule has 0 radical (unpaired) electrons. The van der Waals surface area contributed by atoms with Gasteiger partial charge in [-0.2, -0.15) is 9.97 Å². The summed E-state index contributed by atoms with van der Waals surface area (Å²) >= 11 is 0. The molecule has 4 N–H and O–H groups in total. The summed E-state index contributed by atoms with van der Waals surface area (Å²) in [5.41, 5.74) is 6.86. The van der Waals surface area contributed by atoms with Gasteiger partial charge in [0.15, 0.2) is 11.5 Å². The van der Waals surface area contributed by atoms with Gasteiger partial charge in [0.05, 0.1) is 6.33 Å². The molecule has 0 saturated carbocycles. The lowest BCUT2D eigenvalue weighted by Crippen LogP contribution is -2.14. The first kappa shape index (κ1) is 9.45. The van der Waals surface area contributed by atoms with Crippen molar-refractivity contribution in [3.8, 4) is 0 Å². The zero-order valence-corrected chi connectivity index (χ0v) is 8.36. The van der Waals surface area contributed by atoms with Crippen molar-refractivity contribution in [1.29, 1.82) is 0 Å². The largest absolute Gasteiger partial charge is 0.368 e. The molecule has 2 aromatic heterocycles. The molecule has 0 aliphatic carbocycles. The molecule has 0 aliphatic rings. The lowest BCUT2D eigenvalue weighted by atomic mass is 10.3. The summed E-state index contributed by atoms with van der Waals surface area (Å²) in [5, 5.41) is 3.14. The van der Waals surface area contributed by atoms with Crippen LogP contribution >= 0.6 is 0 Å². The van der Waals surface area contributed by atoms with Crippen molar-refractivity contribution in [3.63, 3.8) is 0 Å². The third-order valence-corrected chi connectivity index (χ3v) is 2.02. The summed E-state index contributed by atoms with van der Waals surface area (Å²) in [7, 11) is 0. The quantitative estimate of drug-likeness (QED) is 0.646. The Labute approximate surface area is 86.6 Å². The molecule has 1 unspecified atom stereocenters. The molecule has 6 heteroatoms. The number of aromatic amines is 1. The highest BCUT2D eigenvalue weighted by atomic mass is 15.1. The van der Waals surface area contributed by atoms with E-state index in [1.807, 2.05) is 6.92 Å². The predicted octanol–water partition coefficient (Wildman–Crippen LogP) is 0.921. The molecular weight excluding hydrogens is 192 g/mol. The van der Waals surface area contributed by atoms with E-state index in [0.717, 1.165) is 5.52 Å². The fourth-order valence-corrected chi connectivity index (χ4v) is 1.23. The van der Waals surface area contributed by atoms with Gasteiger partial charge in [-0.05, 0) is 6.92 Å². The maximum Gasteiger partial charge on any atom is 0.224 e. The Kier molecular flexibility index (Phi) is 2.24. The lowest BCUT2D eigenvalue weighted by molar-refractivity contribution is 0.984. The van der Waals surface area contributed by atoms with Gasteiger partial charge < -0.3 is 16.0 Å². The first-order chi connectivity index (χ1) is 7.20. The first-order valence-corrected chi connectivity index (χ1v) is 4.56. The van der Waals surface area contributed by atoms with Gasteiger partial charge in [-0.15, -0.1) is 6.58 Å². The van der Waals surface area contributed by atoms with Gasteiger partial charge in [0.2, 0.25) is 5.95 Å². The van der Waals surface area contributed by atoms with E-state index in [9.17, 15) is 0 Å². The summed E-state index contributed by atoms with van der Waals surface area (Å²) in [6.45, 7) is 5.65. The Bertz CT molecular complexity index is 488. The normalized spacial score (nSPS) is 12.6. The van der Waals surface area contributed by atoms with Crippen LogP contribution in [-0.2, 0) is 0 Å². The molecule has 0 spiro atoms. The number of anilines is 2. The van der Waals surface area contributed by atoms with Crippen LogP contribution < -0.4 is 11.1 Å². The van der Waals surface area contributed by atoms with Gasteiger partial charge in [0, 0.05) is 6.04 Å². The number of nitrogens with two attached hydrogens (primary N) is 1. The Morgan fingerprint density at radius 1 is 1.60 bits per heavy atom. The van der Waals surface area contributed by atoms with Crippen LogP contribution in [0, 0.1) is 0 Å². The fraction of sp³-hybridized carbons (Fsp3) is 0.222. The number of imidazole rings is 1. The Hall–Kier alpha value is -2.11. The van der Waals surface area contributed by atoms with Crippen molar-refractivity contribution in [2.75, 3.05) is 11.1 Å². The summed E-state index contributed by atoms with van der Waals surface area (Å²) in [5.74, 6) is 0.843. The summed E-state index contributed by atoms with van der Waals surface area (Å²) < 4.78 is 0. The molecule has 0 saturated heterocycles. The van der Waals surface area contributed by atoms with Crippen LogP contribution in [0.15, 0.2) is 19.0 Å². The summed E-state index contributed by atoms with van der Waals surface area (Å²) in [4.78, 5) is 15.1. The van der Waals surface area contributed by atoms with E-state index in [1.165, 1.54) is 0 Å². The minimum atomic E-state index is 0.103. The van der Waals surface area contributed by atoms with Gasteiger partial charge in [-0.25, -0.2) is 4.98 Å². The second-order valence-corrected chi connectivity index (χ2v) is 3.20. The van der Waals surface area contributed by atoms with Crippen LogP contribution in [-0.4, -0.2) is 26.0 Å². The topological polar surface area (TPSA) is 92.5 Å². The van der Waals surface area contributed by atoms with E-state index in [1.54, 1.807) is 12.4 Å². The maximum absolute atomic E-state index is 5.56. The van der Waals surface area contributed by atoms with Crippen LogP contribution in [0.1, 0.15) is 6.92 Å². The van der Waals surface area contributed by atoms with E-state index >= 15 is 0 Å². The molecule has 0 aromatic carbocycles. The number of rotatable bonds is 3. The summed E-state index contributed by atoms with van der Waals surface area (Å²) in [6.07, 6.45) is 3.34. The number of hydrogen-bond donors (Lipinski definition) is 3. The highest BCUT2D eigenvalue weighted by Gasteiger charge is 2.09. The summed E-state index contributed by atoms with van der Waals surface area (Å²) in [6, 6.07) is 0.103. The fourth-order valence-electron chi connectivity index (χ4n) is 1.23. The average Bonchev–Trinajstić information content (AvgIpc) is 2.65. The van der Waals surface area contributed by atoms with E-state index in [4.69, 9.17) is 5.73 Å². The van der Waals surface area contributed by atoms with E-state index in [0.29, 0.717) is 11.5 Å². The van der Waals surface area contributed by atoms with Crippen molar-refractivity contribution < 1.29 is 0 Å². The molecule has 2 rings (SSSR count). The Morgan fingerprint density at radius 2 is 2.40 bits per heavy atom. The number of nitrogens with zero attached hydrogens (tertiary/aromatic N) is 3. The van der Waals surface area contributed by atoms with Crippen LogP contribution in [0.25, 0.3) is 11.2 Å². The van der Waals surface area contributed by atoms with Crippen molar-refractivity contribution >= 4 is 22.9 Å². The zero-order valence-electron chi connectivity index (χ0n) is 8.36. The molecule has 6 nitrogen and oxygen atoms in total. The van der Waals surface area contributed by atoms with Gasteiger partial charge in [-0.1, -0.05) is 6.08 Å². The van der Waals surface area contributed by atoms with Crippen molar-refractivity contribution in [1.82, 2.24) is 19.9 Å². The molecule has 0 fully saturated rings. The smallest absolute Gasteiger partial charge is 0.224 e.